The average molecular weight is 256 g/mol. The van der Waals surface area contributed by atoms with Gasteiger partial charge in [-0.1, -0.05) is 13.8 Å². The molecule has 106 valence electrons. The molecule has 6 unspecified atom stereocenters. The van der Waals surface area contributed by atoms with Crippen LogP contribution in [0.15, 0.2) is 0 Å². The summed E-state index contributed by atoms with van der Waals surface area (Å²) < 4.78 is 11.0. The highest BCUT2D eigenvalue weighted by Gasteiger charge is 2.42. The van der Waals surface area contributed by atoms with Gasteiger partial charge in [-0.05, 0) is 24.7 Å². The minimum absolute atomic E-state index is 0.189. The van der Waals surface area contributed by atoms with Gasteiger partial charge in [-0.25, -0.2) is 0 Å². The fourth-order valence-corrected chi connectivity index (χ4v) is 4.00. The maximum atomic E-state index is 6.39. The second-order valence-corrected chi connectivity index (χ2v) is 6.21. The lowest BCUT2D eigenvalue weighted by atomic mass is 9.76. The molecule has 2 rings (SSSR count). The number of rotatable bonds is 3. The molecule has 1 aliphatic carbocycles. The van der Waals surface area contributed by atoms with Crippen LogP contribution in [0.3, 0.4) is 0 Å². The molecule has 6 atom stereocenters. The highest BCUT2D eigenvalue weighted by atomic mass is 16.5. The highest BCUT2D eigenvalue weighted by molar-refractivity contribution is 4.97. The molecule has 1 saturated heterocycles. The molecule has 4 nitrogen and oxygen atoms in total. The average Bonchev–Trinajstić information content (AvgIpc) is 2.70. The van der Waals surface area contributed by atoms with Crippen molar-refractivity contribution in [3.05, 3.63) is 0 Å². The Morgan fingerprint density at radius 2 is 1.56 bits per heavy atom. The molecule has 1 aliphatic heterocycles. The lowest BCUT2D eigenvalue weighted by molar-refractivity contribution is -0.00461. The summed E-state index contributed by atoms with van der Waals surface area (Å²) in [5.41, 5.74) is 6.39. The van der Waals surface area contributed by atoms with Crippen LogP contribution >= 0.6 is 0 Å². The van der Waals surface area contributed by atoms with Gasteiger partial charge in [0.1, 0.15) is 0 Å². The summed E-state index contributed by atoms with van der Waals surface area (Å²) in [4.78, 5) is 2.49. The van der Waals surface area contributed by atoms with E-state index in [2.05, 4.69) is 18.7 Å². The predicted octanol–water partition coefficient (Wildman–Crippen LogP) is 1.09. The first-order valence-corrected chi connectivity index (χ1v) is 7.12. The molecule has 0 radical (unpaired) electrons. The van der Waals surface area contributed by atoms with Crippen LogP contribution in [0.4, 0.5) is 0 Å². The minimum atomic E-state index is 0.189. The van der Waals surface area contributed by atoms with E-state index in [0.29, 0.717) is 12.0 Å². The van der Waals surface area contributed by atoms with Crippen molar-refractivity contribution >= 4 is 0 Å². The third-order valence-corrected chi connectivity index (χ3v) is 4.74. The van der Waals surface area contributed by atoms with E-state index >= 15 is 0 Å². The van der Waals surface area contributed by atoms with E-state index in [1.54, 1.807) is 14.2 Å². The van der Waals surface area contributed by atoms with E-state index in [-0.39, 0.29) is 18.2 Å². The van der Waals surface area contributed by atoms with Gasteiger partial charge in [0.15, 0.2) is 0 Å². The molecule has 0 aromatic rings. The predicted molar refractivity (Wildman–Crippen MR) is 72.5 cm³/mol. The van der Waals surface area contributed by atoms with Crippen LogP contribution in [-0.4, -0.2) is 56.5 Å². The number of likely N-dealkylation sites (tertiary alicyclic amines) is 1. The van der Waals surface area contributed by atoms with E-state index in [9.17, 15) is 0 Å². The van der Waals surface area contributed by atoms with Gasteiger partial charge in [0.2, 0.25) is 0 Å². The second kappa shape index (κ2) is 5.87. The summed E-state index contributed by atoms with van der Waals surface area (Å²) >= 11 is 0. The Hall–Kier alpha value is -0.160. The lowest BCUT2D eigenvalue weighted by Gasteiger charge is -2.42. The SMILES string of the molecule is COC1CN(C2C(C)CC(C)CC2N)CC1OC. The largest absolute Gasteiger partial charge is 0.377 e. The van der Waals surface area contributed by atoms with E-state index in [1.165, 1.54) is 6.42 Å². The first-order chi connectivity index (χ1) is 8.56. The number of hydrogen-bond acceptors (Lipinski definition) is 4. The van der Waals surface area contributed by atoms with Crippen LogP contribution in [0.5, 0.6) is 0 Å². The van der Waals surface area contributed by atoms with Crippen molar-refractivity contribution in [2.45, 2.75) is 51.0 Å². The summed E-state index contributed by atoms with van der Waals surface area (Å²) in [6, 6.07) is 0.774. The lowest BCUT2D eigenvalue weighted by Crippen LogP contribution is -2.54. The molecule has 0 spiro atoms. The second-order valence-electron chi connectivity index (χ2n) is 6.21. The Labute approximate surface area is 111 Å². The number of nitrogens with zero attached hydrogens (tertiary/aromatic N) is 1. The maximum absolute atomic E-state index is 6.39. The summed E-state index contributed by atoms with van der Waals surface area (Å²) in [6.07, 6.45) is 2.80. The number of hydrogen-bond donors (Lipinski definition) is 1. The van der Waals surface area contributed by atoms with Crippen LogP contribution in [0.25, 0.3) is 0 Å². The quantitative estimate of drug-likeness (QED) is 0.821. The van der Waals surface area contributed by atoms with Crippen LogP contribution in [-0.2, 0) is 9.47 Å². The number of methoxy groups -OCH3 is 2. The Bertz CT molecular complexity index is 251. The van der Waals surface area contributed by atoms with Crippen molar-refractivity contribution in [1.29, 1.82) is 0 Å². The Balaban J connectivity index is 2.03. The molecule has 4 heteroatoms. The van der Waals surface area contributed by atoms with Gasteiger partial charge < -0.3 is 15.2 Å². The normalized spacial score (nSPS) is 46.5. The van der Waals surface area contributed by atoms with Crippen molar-refractivity contribution in [3.63, 3.8) is 0 Å². The maximum Gasteiger partial charge on any atom is 0.0971 e. The highest BCUT2D eigenvalue weighted by Crippen LogP contribution is 2.33. The minimum Gasteiger partial charge on any atom is -0.377 e. The smallest absolute Gasteiger partial charge is 0.0971 e. The van der Waals surface area contributed by atoms with Gasteiger partial charge in [0.05, 0.1) is 12.2 Å². The van der Waals surface area contributed by atoms with E-state index in [0.717, 1.165) is 25.4 Å². The summed E-state index contributed by atoms with van der Waals surface area (Å²) in [5, 5.41) is 0. The fraction of sp³-hybridized carbons (Fsp3) is 1.00. The van der Waals surface area contributed by atoms with Gasteiger partial charge >= 0.3 is 0 Å². The van der Waals surface area contributed by atoms with Gasteiger partial charge in [0, 0.05) is 39.4 Å². The van der Waals surface area contributed by atoms with Gasteiger partial charge in [-0.2, -0.15) is 0 Å². The van der Waals surface area contributed by atoms with Gasteiger partial charge in [-0.3, -0.25) is 4.90 Å². The molecule has 0 amide bonds. The van der Waals surface area contributed by atoms with E-state index in [1.807, 2.05) is 0 Å². The van der Waals surface area contributed by atoms with Crippen LogP contribution in [0.2, 0.25) is 0 Å². The third kappa shape index (κ3) is 2.72. The standard InChI is InChI=1S/C14H28N2O2/c1-9-5-10(2)14(11(15)6-9)16-7-12(17-3)13(8-16)18-4/h9-14H,5-8,15H2,1-4H3. The Morgan fingerprint density at radius 3 is 2.00 bits per heavy atom. The molecule has 1 heterocycles. The van der Waals surface area contributed by atoms with Gasteiger partial charge in [-0.15, -0.1) is 0 Å². The molecular weight excluding hydrogens is 228 g/mol. The Kier molecular flexibility index (Phi) is 4.64. The molecule has 0 aromatic heterocycles. The molecule has 2 aliphatic rings. The molecule has 0 aromatic carbocycles. The van der Waals surface area contributed by atoms with Crippen molar-refractivity contribution in [3.8, 4) is 0 Å². The Morgan fingerprint density at radius 1 is 1.00 bits per heavy atom. The molecule has 2 fully saturated rings. The molecule has 0 bridgehead atoms. The number of nitrogens with two attached hydrogens (primary N) is 1. The molecule has 1 saturated carbocycles. The van der Waals surface area contributed by atoms with E-state index in [4.69, 9.17) is 15.2 Å². The first-order valence-electron chi connectivity index (χ1n) is 7.12. The van der Waals surface area contributed by atoms with Crippen LogP contribution in [0, 0.1) is 11.8 Å². The molecular formula is C14H28N2O2. The number of ether oxygens (including phenoxy) is 2. The molecule has 2 N–H and O–H groups in total. The summed E-state index contributed by atoms with van der Waals surface area (Å²) in [7, 11) is 3.54. The van der Waals surface area contributed by atoms with Crippen molar-refractivity contribution in [1.82, 2.24) is 4.90 Å². The first kappa shape index (κ1) is 14.3. The van der Waals surface area contributed by atoms with Gasteiger partial charge in [0.25, 0.3) is 0 Å². The topological polar surface area (TPSA) is 47.7 Å². The zero-order chi connectivity index (χ0) is 13.3. The third-order valence-electron chi connectivity index (χ3n) is 4.74. The summed E-state index contributed by atoms with van der Waals surface area (Å²) in [6.45, 7) is 6.55. The van der Waals surface area contributed by atoms with Crippen molar-refractivity contribution in [2.24, 2.45) is 17.6 Å². The monoisotopic (exact) mass is 256 g/mol. The fourth-order valence-electron chi connectivity index (χ4n) is 4.00. The van der Waals surface area contributed by atoms with Crippen molar-refractivity contribution in [2.75, 3.05) is 27.3 Å². The van der Waals surface area contributed by atoms with E-state index < -0.39 is 0 Å². The van der Waals surface area contributed by atoms with Crippen LogP contribution < -0.4 is 5.73 Å². The zero-order valence-electron chi connectivity index (χ0n) is 12.1. The zero-order valence-corrected chi connectivity index (χ0v) is 12.1. The summed E-state index contributed by atoms with van der Waals surface area (Å²) in [5.74, 6) is 1.42. The molecule has 18 heavy (non-hydrogen) atoms. The van der Waals surface area contributed by atoms with Crippen LogP contribution in [0.1, 0.15) is 26.7 Å². The van der Waals surface area contributed by atoms with Crippen molar-refractivity contribution < 1.29 is 9.47 Å².